The van der Waals surface area contributed by atoms with Gasteiger partial charge >= 0.3 is 5.97 Å². The summed E-state index contributed by atoms with van der Waals surface area (Å²) in [6.07, 6.45) is -0.0341. The number of nitrogens with zero attached hydrogens (tertiary/aromatic N) is 1. The first kappa shape index (κ1) is 17.8. The zero-order valence-corrected chi connectivity index (χ0v) is 14.4. The van der Waals surface area contributed by atoms with Crippen LogP contribution in [0.25, 0.3) is 0 Å². The summed E-state index contributed by atoms with van der Waals surface area (Å²) in [6, 6.07) is 8.10. The van der Waals surface area contributed by atoms with Crippen LogP contribution in [0.5, 0.6) is 5.75 Å². The normalized spacial score (nSPS) is 21.3. The number of rotatable bonds is 6. The number of hydrogen-bond acceptors (Lipinski definition) is 4. The van der Waals surface area contributed by atoms with E-state index < -0.39 is 5.97 Å². The highest BCUT2D eigenvalue weighted by atomic mass is 16.5. The summed E-state index contributed by atoms with van der Waals surface area (Å²) in [7, 11) is 0. The van der Waals surface area contributed by atoms with E-state index in [4.69, 9.17) is 14.6 Å². The van der Waals surface area contributed by atoms with E-state index in [1.807, 2.05) is 26.0 Å². The Morgan fingerprint density at radius 2 is 2.04 bits per heavy atom. The molecule has 0 bridgehead atoms. The fourth-order valence-electron chi connectivity index (χ4n) is 2.72. The molecule has 1 aliphatic heterocycles. The van der Waals surface area contributed by atoms with Gasteiger partial charge in [-0.2, -0.15) is 0 Å². The van der Waals surface area contributed by atoms with Crippen molar-refractivity contribution in [3.63, 3.8) is 0 Å². The lowest BCUT2D eigenvalue weighted by molar-refractivity contribution is -0.147. The molecular formula is C18H27NO4. The lowest BCUT2D eigenvalue weighted by atomic mass is 9.98. The summed E-state index contributed by atoms with van der Waals surface area (Å²) in [5.41, 5.74) is 1.08. The number of carboxylic acid groups (broad SMARTS) is 1. The number of hydrogen-bond donors (Lipinski definition) is 1. The quantitative estimate of drug-likeness (QED) is 0.873. The first-order valence-electron chi connectivity index (χ1n) is 8.10. The van der Waals surface area contributed by atoms with Gasteiger partial charge in [-0.05, 0) is 45.4 Å². The molecule has 5 heteroatoms. The Morgan fingerprint density at radius 1 is 1.39 bits per heavy atom. The molecule has 1 aliphatic rings. The van der Waals surface area contributed by atoms with E-state index in [9.17, 15) is 4.79 Å². The number of morpholine rings is 1. The number of benzene rings is 1. The molecule has 0 saturated carbocycles. The Balaban J connectivity index is 2.02. The Kier molecular flexibility index (Phi) is 5.65. The SMILES string of the molecule is CC(C)Oc1ccc(CN2CC(CC(=O)O)OCC2(C)C)cc1. The van der Waals surface area contributed by atoms with Crippen LogP contribution in [-0.2, 0) is 16.1 Å². The molecule has 0 radical (unpaired) electrons. The van der Waals surface area contributed by atoms with Crippen LogP contribution in [0.2, 0.25) is 0 Å². The molecule has 1 N–H and O–H groups in total. The van der Waals surface area contributed by atoms with Crippen LogP contribution in [0.4, 0.5) is 0 Å². The highest BCUT2D eigenvalue weighted by molar-refractivity contribution is 5.67. The first-order valence-corrected chi connectivity index (χ1v) is 8.10. The molecule has 0 aliphatic carbocycles. The molecule has 1 aromatic rings. The second-order valence-electron chi connectivity index (χ2n) is 7.03. The van der Waals surface area contributed by atoms with Gasteiger partial charge in [0, 0.05) is 18.6 Å². The molecular weight excluding hydrogens is 294 g/mol. The van der Waals surface area contributed by atoms with E-state index in [-0.39, 0.29) is 24.2 Å². The molecule has 0 aromatic heterocycles. The minimum absolute atomic E-state index is 0.0494. The van der Waals surface area contributed by atoms with E-state index in [2.05, 4.69) is 30.9 Å². The van der Waals surface area contributed by atoms with E-state index in [0.717, 1.165) is 12.3 Å². The van der Waals surface area contributed by atoms with Crippen molar-refractivity contribution in [2.75, 3.05) is 13.2 Å². The molecule has 1 heterocycles. The van der Waals surface area contributed by atoms with Crippen LogP contribution in [0.1, 0.15) is 39.7 Å². The number of ether oxygens (including phenoxy) is 2. The highest BCUT2D eigenvalue weighted by Gasteiger charge is 2.35. The van der Waals surface area contributed by atoms with Gasteiger partial charge in [-0.3, -0.25) is 9.69 Å². The lowest BCUT2D eigenvalue weighted by Gasteiger charge is -2.45. The lowest BCUT2D eigenvalue weighted by Crippen LogP contribution is -2.55. The molecule has 1 atom stereocenters. The fourth-order valence-corrected chi connectivity index (χ4v) is 2.72. The van der Waals surface area contributed by atoms with Gasteiger partial charge in [-0.25, -0.2) is 0 Å². The average molecular weight is 321 g/mol. The summed E-state index contributed by atoms with van der Waals surface area (Å²) >= 11 is 0. The molecule has 23 heavy (non-hydrogen) atoms. The summed E-state index contributed by atoms with van der Waals surface area (Å²) in [6.45, 7) is 10.2. The minimum atomic E-state index is -0.815. The Bertz CT molecular complexity index is 524. The number of carboxylic acids is 1. The highest BCUT2D eigenvalue weighted by Crippen LogP contribution is 2.26. The Morgan fingerprint density at radius 3 is 2.61 bits per heavy atom. The van der Waals surface area contributed by atoms with Crippen molar-refractivity contribution in [1.82, 2.24) is 4.90 Å². The van der Waals surface area contributed by atoms with Gasteiger partial charge in [0.15, 0.2) is 0 Å². The molecule has 1 aromatic carbocycles. The molecule has 5 nitrogen and oxygen atoms in total. The smallest absolute Gasteiger partial charge is 0.306 e. The monoisotopic (exact) mass is 321 g/mol. The predicted octanol–water partition coefficient (Wildman–Crippen LogP) is 2.93. The number of carbonyl (C=O) groups is 1. The zero-order chi connectivity index (χ0) is 17.0. The van der Waals surface area contributed by atoms with Crippen LogP contribution in [0.15, 0.2) is 24.3 Å². The molecule has 128 valence electrons. The van der Waals surface area contributed by atoms with Crippen LogP contribution >= 0.6 is 0 Å². The summed E-state index contributed by atoms with van der Waals surface area (Å²) in [5, 5.41) is 8.96. The van der Waals surface area contributed by atoms with Gasteiger partial charge in [0.2, 0.25) is 0 Å². The van der Waals surface area contributed by atoms with Gasteiger partial charge in [-0.15, -0.1) is 0 Å². The van der Waals surface area contributed by atoms with Crippen molar-refractivity contribution in [3.8, 4) is 5.75 Å². The van der Waals surface area contributed by atoms with Crippen LogP contribution in [-0.4, -0.2) is 46.9 Å². The van der Waals surface area contributed by atoms with Crippen LogP contribution < -0.4 is 4.74 Å². The second kappa shape index (κ2) is 7.32. The van der Waals surface area contributed by atoms with E-state index in [0.29, 0.717) is 13.2 Å². The minimum Gasteiger partial charge on any atom is -0.491 e. The third-order valence-electron chi connectivity index (χ3n) is 4.02. The largest absolute Gasteiger partial charge is 0.491 e. The summed E-state index contributed by atoms with van der Waals surface area (Å²) in [4.78, 5) is 13.2. The van der Waals surface area contributed by atoms with Gasteiger partial charge in [0.05, 0.1) is 25.2 Å². The molecule has 0 spiro atoms. The van der Waals surface area contributed by atoms with Crippen molar-refractivity contribution in [2.45, 2.75) is 58.4 Å². The van der Waals surface area contributed by atoms with Crippen molar-refractivity contribution < 1.29 is 19.4 Å². The molecule has 2 rings (SSSR count). The molecule has 1 saturated heterocycles. The predicted molar refractivity (Wildman–Crippen MR) is 88.7 cm³/mol. The maximum Gasteiger partial charge on any atom is 0.306 e. The maximum absolute atomic E-state index is 10.9. The van der Waals surface area contributed by atoms with Crippen molar-refractivity contribution in [3.05, 3.63) is 29.8 Å². The van der Waals surface area contributed by atoms with Gasteiger partial charge in [0.25, 0.3) is 0 Å². The fraction of sp³-hybridized carbons (Fsp3) is 0.611. The van der Waals surface area contributed by atoms with Crippen molar-refractivity contribution >= 4 is 5.97 Å². The van der Waals surface area contributed by atoms with Gasteiger partial charge < -0.3 is 14.6 Å². The van der Waals surface area contributed by atoms with E-state index >= 15 is 0 Å². The Labute approximate surface area is 138 Å². The molecule has 1 unspecified atom stereocenters. The second-order valence-corrected chi connectivity index (χ2v) is 7.03. The first-order chi connectivity index (χ1) is 10.8. The molecule has 0 amide bonds. The summed E-state index contributed by atoms with van der Waals surface area (Å²) in [5.74, 6) is 0.0542. The van der Waals surface area contributed by atoms with Crippen molar-refractivity contribution in [2.24, 2.45) is 0 Å². The topological polar surface area (TPSA) is 59.0 Å². The van der Waals surface area contributed by atoms with Crippen LogP contribution in [0.3, 0.4) is 0 Å². The third kappa shape index (κ3) is 5.22. The van der Waals surface area contributed by atoms with Gasteiger partial charge in [-0.1, -0.05) is 12.1 Å². The number of aliphatic carboxylic acids is 1. The van der Waals surface area contributed by atoms with Gasteiger partial charge in [0.1, 0.15) is 5.75 Å². The average Bonchev–Trinajstić information content (AvgIpc) is 2.44. The van der Waals surface area contributed by atoms with Crippen molar-refractivity contribution in [1.29, 1.82) is 0 Å². The standard InChI is InChI=1S/C18H27NO4/c1-13(2)23-15-7-5-14(6-8-15)10-19-11-16(9-17(20)21)22-12-18(19,3)4/h5-8,13,16H,9-12H2,1-4H3,(H,20,21). The zero-order valence-electron chi connectivity index (χ0n) is 14.4. The summed E-state index contributed by atoms with van der Waals surface area (Å²) < 4.78 is 11.4. The Hall–Kier alpha value is -1.59. The van der Waals surface area contributed by atoms with E-state index in [1.165, 1.54) is 5.56 Å². The van der Waals surface area contributed by atoms with E-state index in [1.54, 1.807) is 0 Å². The third-order valence-corrected chi connectivity index (χ3v) is 4.02. The van der Waals surface area contributed by atoms with Crippen LogP contribution in [0, 0.1) is 0 Å². The maximum atomic E-state index is 10.9. The molecule has 1 fully saturated rings.